The van der Waals surface area contributed by atoms with Crippen molar-refractivity contribution in [3.63, 3.8) is 0 Å². The molecule has 2 nitrogen and oxygen atoms in total. The highest BCUT2D eigenvalue weighted by molar-refractivity contribution is 5.42. The number of halogens is 1. The van der Waals surface area contributed by atoms with Gasteiger partial charge in [-0.3, -0.25) is 4.90 Å². The number of likely N-dealkylation sites (tertiary alicyclic amines) is 1. The zero-order chi connectivity index (χ0) is 13.3. The van der Waals surface area contributed by atoms with Crippen LogP contribution in [0.2, 0.25) is 0 Å². The molecule has 0 saturated carbocycles. The molecule has 0 aliphatic carbocycles. The highest BCUT2D eigenvalue weighted by Gasteiger charge is 2.21. The Morgan fingerprint density at radius 1 is 1.11 bits per heavy atom. The highest BCUT2D eigenvalue weighted by Crippen LogP contribution is 2.26. The van der Waals surface area contributed by atoms with Crippen LogP contribution in [0.3, 0.4) is 0 Å². The monoisotopic (exact) mass is 282 g/mol. The van der Waals surface area contributed by atoms with Crippen LogP contribution in [-0.2, 0) is 6.54 Å². The first-order valence-corrected chi connectivity index (χ1v) is 6.97. The van der Waals surface area contributed by atoms with Crippen LogP contribution in [0.25, 0.3) is 0 Å². The van der Waals surface area contributed by atoms with Crippen molar-refractivity contribution in [3.8, 4) is 5.75 Å². The van der Waals surface area contributed by atoms with Crippen molar-refractivity contribution < 1.29 is 17.5 Å². The van der Waals surface area contributed by atoms with E-state index < -0.39 is 0 Å². The summed E-state index contributed by atoms with van der Waals surface area (Å²) in [7, 11) is 0. The van der Waals surface area contributed by atoms with Gasteiger partial charge < -0.3 is 17.5 Å². The van der Waals surface area contributed by atoms with Crippen molar-refractivity contribution in [1.82, 2.24) is 4.90 Å². The Morgan fingerprint density at radius 2 is 1.58 bits per heavy atom. The largest absolute Gasteiger partial charge is 1.00 e. The summed E-state index contributed by atoms with van der Waals surface area (Å²) in [4.78, 5) is 2.55. The minimum Gasteiger partial charge on any atom is -1.00 e. The molecule has 1 aliphatic heterocycles. The van der Waals surface area contributed by atoms with Gasteiger partial charge >= 0.3 is 0 Å². The van der Waals surface area contributed by atoms with Crippen molar-refractivity contribution in [2.45, 2.75) is 40.7 Å². The summed E-state index contributed by atoms with van der Waals surface area (Å²) in [6.07, 6.45) is 1.35. The summed E-state index contributed by atoms with van der Waals surface area (Å²) in [6.45, 7) is 12.1. The number of nitrogens with zero attached hydrogens (tertiary/aromatic N) is 1. The van der Waals surface area contributed by atoms with Gasteiger partial charge in [-0.15, -0.1) is 0 Å². The average Bonchev–Trinajstić information content (AvgIpc) is 2.24. The molecular formula is C16H25ClNO-. The maximum absolute atomic E-state index is 9.81. The summed E-state index contributed by atoms with van der Waals surface area (Å²) in [6, 6.07) is 4.23. The van der Waals surface area contributed by atoms with Crippen LogP contribution in [-0.4, -0.2) is 23.1 Å². The van der Waals surface area contributed by atoms with Gasteiger partial charge in [-0.05, 0) is 48.8 Å². The third kappa shape index (κ3) is 4.12. The summed E-state index contributed by atoms with van der Waals surface area (Å²) in [5, 5.41) is 9.81. The molecule has 1 fully saturated rings. The fourth-order valence-corrected chi connectivity index (χ4v) is 3.32. The van der Waals surface area contributed by atoms with Crippen molar-refractivity contribution in [2.75, 3.05) is 13.1 Å². The van der Waals surface area contributed by atoms with Crippen LogP contribution in [0, 0.1) is 25.7 Å². The molecule has 1 saturated heterocycles. The van der Waals surface area contributed by atoms with Gasteiger partial charge in [-0.2, -0.15) is 0 Å². The molecule has 0 radical (unpaired) electrons. The van der Waals surface area contributed by atoms with E-state index in [1.165, 1.54) is 25.1 Å². The van der Waals surface area contributed by atoms with Crippen molar-refractivity contribution in [2.24, 2.45) is 11.8 Å². The lowest BCUT2D eigenvalue weighted by Gasteiger charge is -2.35. The second-order valence-corrected chi connectivity index (χ2v) is 6.22. The number of hydrogen-bond acceptors (Lipinski definition) is 2. The summed E-state index contributed by atoms with van der Waals surface area (Å²) in [5.41, 5.74) is 3.30. The normalized spacial score (nSPS) is 24.0. The molecule has 1 aromatic rings. The first-order chi connectivity index (χ1) is 8.45. The average molecular weight is 283 g/mol. The molecular weight excluding hydrogens is 258 g/mol. The van der Waals surface area contributed by atoms with Crippen LogP contribution >= 0.6 is 0 Å². The summed E-state index contributed by atoms with van der Waals surface area (Å²) in [5.74, 6) is 2.04. The summed E-state index contributed by atoms with van der Waals surface area (Å²) < 4.78 is 0. The first-order valence-electron chi connectivity index (χ1n) is 6.97. The van der Waals surface area contributed by atoms with E-state index in [0.29, 0.717) is 5.75 Å². The Hall–Kier alpha value is -0.730. The standard InChI is InChI=1S/C16H25NO.ClH/c1-11-5-12(2)9-17(8-11)10-15-6-13(3)16(18)14(4)7-15;/h6-7,11-12,18H,5,8-10H2,1-4H3;1H/p-1. The molecule has 1 aliphatic rings. The van der Waals surface area contributed by atoms with Crippen molar-refractivity contribution in [3.05, 3.63) is 28.8 Å². The van der Waals surface area contributed by atoms with Crippen molar-refractivity contribution >= 4 is 0 Å². The van der Waals surface area contributed by atoms with E-state index in [2.05, 4.69) is 30.9 Å². The third-order valence-electron chi connectivity index (χ3n) is 3.90. The summed E-state index contributed by atoms with van der Waals surface area (Å²) >= 11 is 0. The van der Waals surface area contributed by atoms with Crippen LogP contribution in [0.1, 0.15) is 37.0 Å². The molecule has 2 atom stereocenters. The molecule has 108 valence electrons. The molecule has 1 aromatic carbocycles. The van der Waals surface area contributed by atoms with E-state index in [9.17, 15) is 5.11 Å². The Kier molecular flexibility index (Phi) is 5.69. The minimum atomic E-state index is 0. The van der Waals surface area contributed by atoms with Crippen LogP contribution < -0.4 is 12.4 Å². The Bertz CT molecular complexity index is 400. The topological polar surface area (TPSA) is 23.5 Å². The van der Waals surface area contributed by atoms with Gasteiger partial charge in [0.25, 0.3) is 0 Å². The molecule has 2 rings (SSSR count). The number of phenolic OH excluding ortho intramolecular Hbond substituents is 1. The van der Waals surface area contributed by atoms with Crippen LogP contribution in [0.15, 0.2) is 12.1 Å². The van der Waals surface area contributed by atoms with E-state index in [-0.39, 0.29) is 12.4 Å². The molecule has 19 heavy (non-hydrogen) atoms. The lowest BCUT2D eigenvalue weighted by molar-refractivity contribution is -0.00000532. The second-order valence-electron chi connectivity index (χ2n) is 6.22. The van der Waals surface area contributed by atoms with E-state index in [1.807, 2.05) is 13.8 Å². The maximum atomic E-state index is 9.81. The van der Waals surface area contributed by atoms with Gasteiger partial charge in [0.1, 0.15) is 5.75 Å². The lowest BCUT2D eigenvalue weighted by Crippen LogP contribution is -3.00. The highest BCUT2D eigenvalue weighted by atomic mass is 35.5. The number of rotatable bonds is 2. The maximum Gasteiger partial charge on any atom is 0.121 e. The SMILES string of the molecule is Cc1cc(CN2CC(C)CC(C)C2)cc(C)c1O.[Cl-]. The van der Waals surface area contributed by atoms with Gasteiger partial charge in [-0.25, -0.2) is 0 Å². The van der Waals surface area contributed by atoms with Crippen molar-refractivity contribution in [1.29, 1.82) is 0 Å². The fraction of sp³-hybridized carbons (Fsp3) is 0.625. The predicted molar refractivity (Wildman–Crippen MR) is 75.8 cm³/mol. The van der Waals surface area contributed by atoms with E-state index >= 15 is 0 Å². The third-order valence-corrected chi connectivity index (χ3v) is 3.90. The minimum absolute atomic E-state index is 0. The molecule has 0 bridgehead atoms. The second kappa shape index (κ2) is 6.62. The molecule has 0 aromatic heterocycles. The number of hydrogen-bond donors (Lipinski definition) is 1. The molecule has 3 heteroatoms. The van der Waals surface area contributed by atoms with Gasteiger partial charge in [0.05, 0.1) is 0 Å². The van der Waals surface area contributed by atoms with Gasteiger partial charge in [-0.1, -0.05) is 26.0 Å². The Morgan fingerprint density at radius 3 is 2.05 bits per heavy atom. The van der Waals surface area contributed by atoms with E-state index in [0.717, 1.165) is 29.5 Å². The molecule has 1 N–H and O–H groups in total. The number of aryl methyl sites for hydroxylation is 2. The van der Waals surface area contributed by atoms with Gasteiger partial charge in [0.2, 0.25) is 0 Å². The number of aromatic hydroxyl groups is 1. The fourth-order valence-electron chi connectivity index (χ4n) is 3.32. The lowest BCUT2D eigenvalue weighted by atomic mass is 9.91. The van der Waals surface area contributed by atoms with Crippen LogP contribution in [0.5, 0.6) is 5.75 Å². The molecule has 2 unspecified atom stereocenters. The zero-order valence-electron chi connectivity index (χ0n) is 12.4. The number of benzene rings is 1. The predicted octanol–water partition coefficient (Wildman–Crippen LogP) is 0.491. The van der Waals surface area contributed by atoms with Gasteiger partial charge in [0.15, 0.2) is 0 Å². The Balaban J connectivity index is 0.00000180. The molecule has 1 heterocycles. The van der Waals surface area contributed by atoms with Gasteiger partial charge in [0, 0.05) is 19.6 Å². The number of piperidine rings is 1. The number of phenols is 1. The first kappa shape index (κ1) is 16.3. The molecule has 0 amide bonds. The smallest absolute Gasteiger partial charge is 0.121 e. The Labute approximate surface area is 123 Å². The quantitative estimate of drug-likeness (QED) is 0.854. The van der Waals surface area contributed by atoms with E-state index in [1.54, 1.807) is 0 Å². The molecule has 0 spiro atoms. The zero-order valence-corrected chi connectivity index (χ0v) is 13.2. The van der Waals surface area contributed by atoms with E-state index in [4.69, 9.17) is 0 Å². The van der Waals surface area contributed by atoms with Crippen LogP contribution in [0.4, 0.5) is 0 Å².